The molecule has 0 saturated heterocycles. The molecule has 6 heteroatoms. The molecule has 1 heterocycles. The van der Waals surface area contributed by atoms with E-state index in [1.165, 1.54) is 69.9 Å². The number of nitrogens with zero attached hydrogens (tertiary/aromatic N) is 1. The number of anilines is 1. The molecule has 0 radical (unpaired) electrons. The summed E-state index contributed by atoms with van der Waals surface area (Å²) in [5.74, 6) is 1.64. The van der Waals surface area contributed by atoms with Gasteiger partial charge in [-0.25, -0.2) is 4.90 Å². The topological polar surface area (TPSA) is 55.8 Å². The van der Waals surface area contributed by atoms with E-state index in [9.17, 15) is 0 Å². The van der Waals surface area contributed by atoms with Crippen molar-refractivity contribution in [3.63, 3.8) is 0 Å². The van der Waals surface area contributed by atoms with Gasteiger partial charge in [-0.05, 0) is 197 Å². The fraction of sp³-hybridized carbons (Fsp3) is 0.268. The summed E-state index contributed by atoms with van der Waals surface area (Å²) < 4.78 is 15.9. The fourth-order valence-corrected chi connectivity index (χ4v) is 17.0. The Hall–Kier alpha value is -8.32. The predicted octanol–water partition coefficient (Wildman–Crippen LogP) is 24.4. The highest BCUT2D eigenvalue weighted by atomic mass is 79.9. The number of carbonyl (C=O) groups excluding carboxylic acids is 2. The number of benzene rings is 14. The van der Waals surface area contributed by atoms with E-state index in [0.29, 0.717) is 45.2 Å². The molecule has 0 spiro atoms. The van der Waals surface area contributed by atoms with Crippen molar-refractivity contribution in [2.45, 2.75) is 132 Å². The van der Waals surface area contributed by atoms with E-state index in [1.54, 1.807) is 0 Å². The number of amides is 2. The van der Waals surface area contributed by atoms with Crippen molar-refractivity contribution in [2.75, 3.05) is 4.90 Å². The Balaban J connectivity index is 1.06. The van der Waals surface area contributed by atoms with Crippen LogP contribution in [0.3, 0.4) is 0 Å². The third-order valence-electron chi connectivity index (χ3n) is 19.4. The van der Waals surface area contributed by atoms with Crippen LogP contribution in [0.2, 0.25) is 0 Å². The van der Waals surface area contributed by atoms with Crippen LogP contribution in [0.4, 0.5) is 5.69 Å². The molecule has 2 amide bonds. The third kappa shape index (κ3) is 8.44. The molecule has 0 aliphatic carbocycles. The summed E-state index contributed by atoms with van der Waals surface area (Å²) in [5, 5.41) is 21.8. The van der Waals surface area contributed by atoms with Crippen LogP contribution < -0.4 is 14.4 Å². The minimum absolute atomic E-state index is 0.0179. The van der Waals surface area contributed by atoms with Crippen molar-refractivity contribution < 1.29 is 19.1 Å². The number of hydrogen-bond acceptors (Lipinski definition) is 4. The zero-order valence-electron chi connectivity index (χ0n) is 53.0. The Kier molecular flexibility index (Phi) is 12.4. The first kappa shape index (κ1) is 56.2. The fourth-order valence-electron chi connectivity index (χ4n) is 16.6. The Labute approximate surface area is 523 Å². The van der Waals surface area contributed by atoms with Crippen LogP contribution in [0.1, 0.15) is 165 Å². The molecule has 0 aromatic heterocycles. The van der Waals surface area contributed by atoms with Gasteiger partial charge in [0.05, 0.1) is 16.8 Å². The van der Waals surface area contributed by atoms with E-state index < -0.39 is 0 Å². The first-order valence-electron chi connectivity index (χ1n) is 31.5. The molecule has 0 fully saturated rings. The van der Waals surface area contributed by atoms with E-state index in [2.05, 4.69) is 252 Å². The molecule has 15 rings (SSSR count). The number of hydrogen-bond donors (Lipinski definition) is 0. The number of fused-ring (bicyclic) bond motifs is 6. The standard InChI is InChI=1S/C82H74BrNO4/c1-43(2)49-17-15-18-50(44(3)4)76(49)84-77(85)62-39-65(87-47-25-21-45(22-26-47)81(11,12)41-79(5,6)7)73-60-35-33-57-55-31-29-53-51-19-16-20-59-64(83)38-37-52(67(51)59)54-30-32-56(69(55)68(53)54)58-34-36-61(71(60)70(57)58)74-66(40-63(78(84)86)72(62)75(73)74)88-48-27-23-46(24-28-48)82(13,14)42-80(8,9)10/h15-40,43-44H,41-42H2,1-14H3. The second-order valence-corrected chi connectivity index (χ2v) is 30.7. The zero-order valence-corrected chi connectivity index (χ0v) is 54.6. The van der Waals surface area contributed by atoms with Crippen LogP contribution >= 0.6 is 15.9 Å². The smallest absolute Gasteiger partial charge is 0.266 e. The largest absolute Gasteiger partial charge is 0.457 e. The molecule has 5 nitrogen and oxygen atoms in total. The molecule has 438 valence electrons. The van der Waals surface area contributed by atoms with Crippen LogP contribution in [0.15, 0.2) is 162 Å². The number of halogens is 1. The average molecular weight is 1220 g/mol. The highest BCUT2D eigenvalue weighted by Gasteiger charge is 2.41. The lowest BCUT2D eigenvalue weighted by molar-refractivity contribution is 0.0892. The Morgan fingerprint density at radius 1 is 0.375 bits per heavy atom. The average Bonchev–Trinajstić information content (AvgIpc) is 0.686. The first-order valence-corrected chi connectivity index (χ1v) is 32.3. The van der Waals surface area contributed by atoms with Gasteiger partial charge in [0.2, 0.25) is 0 Å². The lowest BCUT2D eigenvalue weighted by atomic mass is 9.72. The van der Waals surface area contributed by atoms with Gasteiger partial charge in [0.15, 0.2) is 0 Å². The SMILES string of the molecule is CC(C)c1cccc(C(C)C)c1N1C(=O)c2cc(Oc3ccc(C(C)(C)CC(C)(C)C)cc3)c3c4ccc5c6ccc7c8cccc9c(Br)ccc(c%10ccc(c%11ccc(c%12c(Oc%13ccc(C(C)(C)CC(C)(C)C)cc%13)cc(c2c3%12)C1=O)c4c5%11)c6c7%10)c98. The molecule has 14 aromatic carbocycles. The monoisotopic (exact) mass is 1220 g/mol. The van der Waals surface area contributed by atoms with E-state index in [0.717, 1.165) is 76.9 Å². The van der Waals surface area contributed by atoms with Gasteiger partial charge in [-0.1, -0.05) is 228 Å². The normalized spacial score (nSPS) is 13.9. The van der Waals surface area contributed by atoms with Gasteiger partial charge < -0.3 is 9.47 Å². The second-order valence-electron chi connectivity index (χ2n) is 29.8. The number of imide groups is 1. The number of para-hydroxylation sites is 1. The minimum Gasteiger partial charge on any atom is -0.457 e. The minimum atomic E-state index is -0.379. The Morgan fingerprint density at radius 3 is 1.11 bits per heavy atom. The number of carbonyl (C=O) groups is 2. The van der Waals surface area contributed by atoms with E-state index in [1.807, 2.05) is 18.2 Å². The quantitative estimate of drug-likeness (QED) is 0.0736. The first-order chi connectivity index (χ1) is 41.8. The van der Waals surface area contributed by atoms with Crippen LogP contribution in [0, 0.1) is 10.8 Å². The summed E-state index contributed by atoms with van der Waals surface area (Å²) in [6.45, 7) is 31.5. The van der Waals surface area contributed by atoms with E-state index in [4.69, 9.17) is 9.47 Å². The lowest BCUT2D eigenvalue weighted by Crippen LogP contribution is -2.42. The summed E-state index contributed by atoms with van der Waals surface area (Å²) in [5.41, 5.74) is 5.84. The van der Waals surface area contributed by atoms with Gasteiger partial charge in [0, 0.05) is 26.0 Å². The van der Waals surface area contributed by atoms with Crippen molar-refractivity contribution in [3.05, 3.63) is 196 Å². The van der Waals surface area contributed by atoms with Crippen molar-refractivity contribution in [2.24, 2.45) is 10.8 Å². The Bertz CT molecular complexity index is 4990. The Morgan fingerprint density at radius 2 is 0.716 bits per heavy atom. The van der Waals surface area contributed by atoms with Crippen molar-refractivity contribution in [3.8, 4) is 23.0 Å². The maximum atomic E-state index is 16.1. The third-order valence-corrected chi connectivity index (χ3v) is 20.1. The predicted molar refractivity (Wildman–Crippen MR) is 376 cm³/mol. The molecule has 1 aliphatic rings. The van der Waals surface area contributed by atoms with Crippen LogP contribution in [0.5, 0.6) is 23.0 Å². The summed E-state index contributed by atoms with van der Waals surface area (Å²) in [6.07, 6.45) is 2.00. The van der Waals surface area contributed by atoms with Gasteiger partial charge in [-0.15, -0.1) is 0 Å². The molecule has 0 atom stereocenters. The lowest BCUT2D eigenvalue weighted by Gasteiger charge is -2.34. The van der Waals surface area contributed by atoms with Crippen molar-refractivity contribution in [1.29, 1.82) is 0 Å². The molecule has 88 heavy (non-hydrogen) atoms. The van der Waals surface area contributed by atoms with Crippen molar-refractivity contribution in [1.82, 2.24) is 0 Å². The van der Waals surface area contributed by atoms with Gasteiger partial charge in [0.1, 0.15) is 23.0 Å². The molecular formula is C82H74BrNO4. The molecule has 0 unspecified atom stereocenters. The number of ether oxygens (including phenoxy) is 2. The highest BCUT2D eigenvalue weighted by molar-refractivity contribution is 9.10. The second kappa shape index (κ2) is 19.3. The van der Waals surface area contributed by atoms with Crippen LogP contribution in [-0.4, -0.2) is 11.8 Å². The van der Waals surface area contributed by atoms with Gasteiger partial charge in [-0.3, -0.25) is 9.59 Å². The summed E-state index contributed by atoms with van der Waals surface area (Å²) >= 11 is 3.89. The molecular weight excluding hydrogens is 1140 g/mol. The van der Waals surface area contributed by atoms with Crippen LogP contribution in [-0.2, 0) is 10.8 Å². The van der Waals surface area contributed by atoms with Gasteiger partial charge >= 0.3 is 0 Å². The van der Waals surface area contributed by atoms with E-state index >= 15 is 9.59 Å². The van der Waals surface area contributed by atoms with Crippen LogP contribution in [0.25, 0.3) is 108 Å². The maximum absolute atomic E-state index is 16.1. The maximum Gasteiger partial charge on any atom is 0.266 e. The molecule has 0 saturated carbocycles. The van der Waals surface area contributed by atoms with Crippen molar-refractivity contribution >= 4 is 141 Å². The van der Waals surface area contributed by atoms with Gasteiger partial charge in [0.25, 0.3) is 11.8 Å². The number of rotatable bonds is 11. The zero-order chi connectivity index (χ0) is 61.6. The summed E-state index contributed by atoms with van der Waals surface area (Å²) in [7, 11) is 0. The molecule has 0 N–H and O–H groups in total. The molecule has 1 aliphatic heterocycles. The highest BCUT2D eigenvalue weighted by Crippen LogP contribution is 2.56. The molecule has 14 aromatic rings. The molecule has 0 bridgehead atoms. The van der Waals surface area contributed by atoms with Gasteiger partial charge in [-0.2, -0.15) is 0 Å². The summed E-state index contributed by atoms with van der Waals surface area (Å²) in [6, 6.07) is 56.7. The van der Waals surface area contributed by atoms with E-state index in [-0.39, 0.29) is 45.3 Å². The summed E-state index contributed by atoms with van der Waals surface area (Å²) in [4.78, 5) is 33.8.